The highest BCUT2D eigenvalue weighted by molar-refractivity contribution is 5.82. The molecule has 1 unspecified atom stereocenters. The first-order chi connectivity index (χ1) is 9.00. The van der Waals surface area contributed by atoms with Crippen molar-refractivity contribution < 1.29 is 9.53 Å². The number of carbonyl (C=O) groups excluding carboxylic acids is 1. The number of rotatable bonds is 3. The zero-order valence-electron chi connectivity index (χ0n) is 11.8. The standard InChI is InChI=1S/C16H23NO2/c1-12-8-10-14(11-9-12)19-15(18)16(2,17)13-6-4-3-5-7-13/h3-7,12,14H,8-11,17H2,1-2H3. The summed E-state index contributed by atoms with van der Waals surface area (Å²) in [6.45, 7) is 3.96. The minimum atomic E-state index is -1.07. The second-order valence-electron chi connectivity index (χ2n) is 5.86. The molecule has 1 aliphatic rings. The molecule has 1 aliphatic carbocycles. The number of nitrogens with two attached hydrogens (primary N) is 1. The van der Waals surface area contributed by atoms with Crippen LogP contribution in [-0.2, 0) is 15.1 Å². The van der Waals surface area contributed by atoms with Gasteiger partial charge < -0.3 is 10.5 Å². The third-order valence-electron chi connectivity index (χ3n) is 4.03. The van der Waals surface area contributed by atoms with Crippen molar-refractivity contribution in [2.24, 2.45) is 11.7 Å². The van der Waals surface area contributed by atoms with Crippen molar-refractivity contribution in [2.45, 2.75) is 51.2 Å². The van der Waals surface area contributed by atoms with Gasteiger partial charge in [-0.3, -0.25) is 0 Å². The third kappa shape index (κ3) is 3.35. The lowest BCUT2D eigenvalue weighted by Crippen LogP contribution is -2.45. The lowest BCUT2D eigenvalue weighted by atomic mass is 9.88. The average Bonchev–Trinajstić information content (AvgIpc) is 2.42. The first kappa shape index (κ1) is 14.1. The number of hydrogen-bond donors (Lipinski definition) is 1. The van der Waals surface area contributed by atoms with E-state index in [0.717, 1.165) is 37.2 Å². The summed E-state index contributed by atoms with van der Waals surface area (Å²) in [6.07, 6.45) is 4.21. The average molecular weight is 261 g/mol. The summed E-state index contributed by atoms with van der Waals surface area (Å²) in [5, 5.41) is 0. The summed E-state index contributed by atoms with van der Waals surface area (Å²) >= 11 is 0. The molecule has 1 aromatic rings. The van der Waals surface area contributed by atoms with Crippen LogP contribution in [0.15, 0.2) is 30.3 Å². The first-order valence-corrected chi connectivity index (χ1v) is 7.05. The van der Waals surface area contributed by atoms with E-state index in [2.05, 4.69) is 6.92 Å². The van der Waals surface area contributed by atoms with E-state index in [1.54, 1.807) is 6.92 Å². The van der Waals surface area contributed by atoms with E-state index in [1.807, 2.05) is 30.3 Å². The maximum atomic E-state index is 12.3. The Kier molecular flexibility index (Phi) is 4.25. The predicted molar refractivity (Wildman–Crippen MR) is 75.5 cm³/mol. The van der Waals surface area contributed by atoms with Gasteiger partial charge >= 0.3 is 5.97 Å². The Hall–Kier alpha value is -1.35. The fourth-order valence-corrected chi connectivity index (χ4v) is 2.52. The van der Waals surface area contributed by atoms with Crippen LogP contribution in [0.2, 0.25) is 0 Å². The summed E-state index contributed by atoms with van der Waals surface area (Å²) < 4.78 is 5.59. The number of carbonyl (C=O) groups is 1. The molecule has 0 saturated heterocycles. The van der Waals surface area contributed by atoms with Crippen molar-refractivity contribution in [2.75, 3.05) is 0 Å². The van der Waals surface area contributed by atoms with Crippen LogP contribution in [0.5, 0.6) is 0 Å². The summed E-state index contributed by atoms with van der Waals surface area (Å²) in [4.78, 5) is 12.3. The molecule has 0 heterocycles. The quantitative estimate of drug-likeness (QED) is 0.851. The highest BCUT2D eigenvalue weighted by Gasteiger charge is 2.34. The number of ether oxygens (including phenoxy) is 1. The van der Waals surface area contributed by atoms with Crippen LogP contribution in [0.3, 0.4) is 0 Å². The molecule has 2 rings (SSSR count). The summed E-state index contributed by atoms with van der Waals surface area (Å²) in [6, 6.07) is 9.41. The van der Waals surface area contributed by atoms with Crippen molar-refractivity contribution in [3.05, 3.63) is 35.9 Å². The maximum absolute atomic E-state index is 12.3. The van der Waals surface area contributed by atoms with E-state index < -0.39 is 5.54 Å². The van der Waals surface area contributed by atoms with Gasteiger partial charge in [0.2, 0.25) is 0 Å². The SMILES string of the molecule is CC1CCC(OC(=O)C(C)(N)c2ccccc2)CC1. The molecule has 1 atom stereocenters. The van der Waals surface area contributed by atoms with Gasteiger partial charge in [-0.15, -0.1) is 0 Å². The Balaban J connectivity index is 1.99. The second kappa shape index (κ2) is 5.74. The van der Waals surface area contributed by atoms with Crippen molar-refractivity contribution in [3.8, 4) is 0 Å². The van der Waals surface area contributed by atoms with Crippen molar-refractivity contribution in [3.63, 3.8) is 0 Å². The van der Waals surface area contributed by atoms with Gasteiger partial charge in [0.1, 0.15) is 11.6 Å². The molecular weight excluding hydrogens is 238 g/mol. The molecule has 3 heteroatoms. The summed E-state index contributed by atoms with van der Waals surface area (Å²) in [5.41, 5.74) is 5.88. The molecule has 1 aromatic carbocycles. The fourth-order valence-electron chi connectivity index (χ4n) is 2.52. The molecule has 0 radical (unpaired) electrons. The van der Waals surface area contributed by atoms with Crippen LogP contribution in [0.4, 0.5) is 0 Å². The van der Waals surface area contributed by atoms with Crippen LogP contribution in [0.1, 0.15) is 45.1 Å². The van der Waals surface area contributed by atoms with Gasteiger partial charge in [0.15, 0.2) is 0 Å². The summed E-state index contributed by atoms with van der Waals surface area (Å²) in [5.74, 6) is 0.423. The van der Waals surface area contributed by atoms with Gasteiger partial charge in [0.25, 0.3) is 0 Å². The van der Waals surface area contributed by atoms with Gasteiger partial charge in [-0.2, -0.15) is 0 Å². The molecule has 104 valence electrons. The van der Waals surface area contributed by atoms with Gasteiger partial charge in [0.05, 0.1) is 0 Å². The number of esters is 1. The normalized spacial score (nSPS) is 26.5. The minimum Gasteiger partial charge on any atom is -0.461 e. The van der Waals surface area contributed by atoms with Crippen LogP contribution in [-0.4, -0.2) is 12.1 Å². The molecule has 0 aliphatic heterocycles. The van der Waals surface area contributed by atoms with E-state index in [-0.39, 0.29) is 12.1 Å². The van der Waals surface area contributed by atoms with Crippen molar-refractivity contribution >= 4 is 5.97 Å². The molecule has 1 fully saturated rings. The molecule has 2 N–H and O–H groups in total. The molecule has 0 bridgehead atoms. The topological polar surface area (TPSA) is 52.3 Å². The molecular formula is C16H23NO2. The van der Waals surface area contributed by atoms with E-state index in [0.29, 0.717) is 0 Å². The number of hydrogen-bond acceptors (Lipinski definition) is 3. The van der Waals surface area contributed by atoms with Gasteiger partial charge in [-0.25, -0.2) is 4.79 Å². The molecule has 0 aromatic heterocycles. The molecule has 0 spiro atoms. The van der Waals surface area contributed by atoms with E-state index in [9.17, 15) is 4.79 Å². The van der Waals surface area contributed by atoms with Crippen LogP contribution in [0.25, 0.3) is 0 Å². The Morgan fingerprint density at radius 2 is 1.79 bits per heavy atom. The fraction of sp³-hybridized carbons (Fsp3) is 0.562. The Morgan fingerprint density at radius 3 is 2.37 bits per heavy atom. The largest absolute Gasteiger partial charge is 0.461 e. The zero-order chi connectivity index (χ0) is 13.9. The van der Waals surface area contributed by atoms with Crippen LogP contribution < -0.4 is 5.73 Å². The van der Waals surface area contributed by atoms with E-state index >= 15 is 0 Å². The molecule has 3 nitrogen and oxygen atoms in total. The third-order valence-corrected chi connectivity index (χ3v) is 4.03. The number of benzene rings is 1. The monoisotopic (exact) mass is 261 g/mol. The highest BCUT2D eigenvalue weighted by Crippen LogP contribution is 2.28. The van der Waals surface area contributed by atoms with Crippen LogP contribution >= 0.6 is 0 Å². The Labute approximate surface area is 115 Å². The molecule has 1 saturated carbocycles. The lowest BCUT2D eigenvalue weighted by molar-refractivity contribution is -0.157. The van der Waals surface area contributed by atoms with E-state index in [4.69, 9.17) is 10.5 Å². The Morgan fingerprint density at radius 1 is 1.21 bits per heavy atom. The van der Waals surface area contributed by atoms with Gasteiger partial charge in [-0.05, 0) is 44.1 Å². The zero-order valence-corrected chi connectivity index (χ0v) is 11.8. The lowest BCUT2D eigenvalue weighted by Gasteiger charge is -2.30. The second-order valence-corrected chi connectivity index (χ2v) is 5.86. The molecule has 0 amide bonds. The maximum Gasteiger partial charge on any atom is 0.330 e. The molecule has 19 heavy (non-hydrogen) atoms. The summed E-state index contributed by atoms with van der Waals surface area (Å²) in [7, 11) is 0. The van der Waals surface area contributed by atoms with E-state index in [1.165, 1.54) is 0 Å². The van der Waals surface area contributed by atoms with Crippen molar-refractivity contribution in [1.82, 2.24) is 0 Å². The smallest absolute Gasteiger partial charge is 0.330 e. The van der Waals surface area contributed by atoms with Gasteiger partial charge in [-0.1, -0.05) is 37.3 Å². The predicted octanol–water partition coefficient (Wildman–Crippen LogP) is 2.98. The van der Waals surface area contributed by atoms with Gasteiger partial charge in [0, 0.05) is 0 Å². The minimum absolute atomic E-state index is 0.0373. The van der Waals surface area contributed by atoms with Crippen molar-refractivity contribution in [1.29, 1.82) is 0 Å². The highest BCUT2D eigenvalue weighted by atomic mass is 16.5. The Bertz CT molecular complexity index is 420. The first-order valence-electron chi connectivity index (χ1n) is 7.05. The van der Waals surface area contributed by atoms with Crippen LogP contribution in [0, 0.1) is 5.92 Å².